The molecule has 2 aromatic heterocycles. The van der Waals surface area contributed by atoms with Crippen molar-refractivity contribution in [3.8, 4) is 22.6 Å². The molecule has 4 rings (SSSR count). The van der Waals surface area contributed by atoms with Crippen molar-refractivity contribution in [2.45, 2.75) is 33.2 Å². The van der Waals surface area contributed by atoms with E-state index in [1.807, 2.05) is 19.9 Å². The van der Waals surface area contributed by atoms with Crippen LogP contribution in [0, 0.1) is 25.6 Å². The summed E-state index contributed by atoms with van der Waals surface area (Å²) in [5.41, 5.74) is 2.35. The van der Waals surface area contributed by atoms with Crippen molar-refractivity contribution in [3.05, 3.63) is 75.2 Å². The molecule has 0 radical (unpaired) electrons. The van der Waals surface area contributed by atoms with Crippen molar-refractivity contribution in [1.82, 2.24) is 9.55 Å². The molecular formula is C22H20ClFN2O2. The van der Waals surface area contributed by atoms with Crippen LogP contribution >= 0.6 is 11.6 Å². The number of hydrogen-bond donors (Lipinski definition) is 0. The summed E-state index contributed by atoms with van der Waals surface area (Å²) >= 11 is 6.30. The highest BCUT2D eigenvalue weighted by Gasteiger charge is 2.23. The highest BCUT2D eigenvalue weighted by atomic mass is 35.5. The molecule has 0 aliphatic heterocycles. The maximum atomic E-state index is 14.7. The van der Waals surface area contributed by atoms with Crippen LogP contribution in [0.2, 0.25) is 5.02 Å². The number of halogens is 2. The maximum Gasteiger partial charge on any atom is 0.269 e. The van der Waals surface area contributed by atoms with Gasteiger partial charge in [0, 0.05) is 24.0 Å². The first kappa shape index (κ1) is 18.7. The Morgan fingerprint density at radius 1 is 1.18 bits per heavy atom. The van der Waals surface area contributed by atoms with Crippen LogP contribution in [0.15, 0.2) is 47.4 Å². The van der Waals surface area contributed by atoms with E-state index in [1.54, 1.807) is 29.0 Å². The second-order valence-corrected chi connectivity index (χ2v) is 7.61. The van der Waals surface area contributed by atoms with Crippen molar-refractivity contribution >= 4 is 11.6 Å². The van der Waals surface area contributed by atoms with Crippen LogP contribution in [-0.4, -0.2) is 9.55 Å². The van der Waals surface area contributed by atoms with E-state index in [9.17, 15) is 9.18 Å². The third kappa shape index (κ3) is 3.80. The van der Waals surface area contributed by atoms with Gasteiger partial charge in [0.25, 0.3) is 5.56 Å². The zero-order valence-electron chi connectivity index (χ0n) is 15.7. The van der Waals surface area contributed by atoms with E-state index in [1.165, 1.54) is 12.1 Å². The van der Waals surface area contributed by atoms with Crippen molar-refractivity contribution < 1.29 is 9.13 Å². The fraction of sp³-hybridized carbons (Fsp3) is 0.273. The van der Waals surface area contributed by atoms with E-state index in [2.05, 4.69) is 4.98 Å². The lowest BCUT2D eigenvalue weighted by molar-refractivity contribution is 0.437. The summed E-state index contributed by atoms with van der Waals surface area (Å²) in [6.45, 7) is 4.38. The third-order valence-corrected chi connectivity index (χ3v) is 5.26. The van der Waals surface area contributed by atoms with E-state index in [4.69, 9.17) is 16.3 Å². The Hall–Kier alpha value is -2.66. The molecule has 3 aromatic rings. The van der Waals surface area contributed by atoms with Crippen molar-refractivity contribution in [2.24, 2.45) is 5.92 Å². The fourth-order valence-electron chi connectivity index (χ4n) is 3.14. The van der Waals surface area contributed by atoms with Gasteiger partial charge in [0.05, 0.1) is 5.69 Å². The Labute approximate surface area is 167 Å². The molecule has 1 saturated carbocycles. The lowest BCUT2D eigenvalue weighted by atomic mass is 10.1. The summed E-state index contributed by atoms with van der Waals surface area (Å²) in [6, 6.07) is 9.90. The first-order valence-electron chi connectivity index (χ1n) is 9.23. The van der Waals surface area contributed by atoms with E-state index in [-0.39, 0.29) is 16.3 Å². The summed E-state index contributed by atoms with van der Waals surface area (Å²) in [4.78, 5) is 16.8. The van der Waals surface area contributed by atoms with Crippen LogP contribution in [-0.2, 0) is 6.54 Å². The predicted molar refractivity (Wildman–Crippen MR) is 108 cm³/mol. The molecule has 2 heterocycles. The molecule has 144 valence electrons. The van der Waals surface area contributed by atoms with Crippen LogP contribution in [0.25, 0.3) is 11.1 Å². The lowest BCUT2D eigenvalue weighted by Gasteiger charge is -2.12. The Balaban J connectivity index is 1.62. The van der Waals surface area contributed by atoms with Crippen LogP contribution in [0.3, 0.4) is 0 Å². The van der Waals surface area contributed by atoms with Gasteiger partial charge in [-0.2, -0.15) is 0 Å². The molecule has 1 aliphatic rings. The van der Waals surface area contributed by atoms with Gasteiger partial charge in [0.1, 0.15) is 10.8 Å². The number of ether oxygens (including phenoxy) is 1. The fourth-order valence-corrected chi connectivity index (χ4v) is 3.42. The highest BCUT2D eigenvalue weighted by molar-refractivity contribution is 6.33. The Morgan fingerprint density at radius 3 is 2.61 bits per heavy atom. The molecule has 0 spiro atoms. The Kier molecular flexibility index (Phi) is 4.94. The van der Waals surface area contributed by atoms with Crippen molar-refractivity contribution in [1.29, 1.82) is 0 Å². The molecule has 1 fully saturated rings. The topological polar surface area (TPSA) is 44.1 Å². The van der Waals surface area contributed by atoms with Crippen LogP contribution in [0.1, 0.15) is 24.2 Å². The minimum absolute atomic E-state index is 0.0932. The monoisotopic (exact) mass is 398 g/mol. The molecule has 0 amide bonds. The van der Waals surface area contributed by atoms with Crippen LogP contribution < -0.4 is 10.3 Å². The van der Waals surface area contributed by atoms with Gasteiger partial charge < -0.3 is 9.30 Å². The second kappa shape index (κ2) is 7.40. The predicted octanol–water partition coefficient (Wildman–Crippen LogP) is 5.52. The standard InChI is InChI=1S/C22H20ClFN2O2/c1-13-3-7-19(14(2)25-13)28-20-8-6-16(11-18(20)24)17-9-10-26(12-15-4-5-15)22(27)21(17)23/h3,6-11,15H,4-5,12H2,1-2H3. The van der Waals surface area contributed by atoms with Crippen LogP contribution in [0.5, 0.6) is 11.5 Å². The first-order chi connectivity index (χ1) is 13.4. The second-order valence-electron chi connectivity index (χ2n) is 7.23. The zero-order valence-corrected chi connectivity index (χ0v) is 16.5. The summed E-state index contributed by atoms with van der Waals surface area (Å²) < 4.78 is 22.0. The summed E-state index contributed by atoms with van der Waals surface area (Å²) in [6.07, 6.45) is 4.02. The molecule has 0 bridgehead atoms. The molecule has 1 aliphatic carbocycles. The summed E-state index contributed by atoms with van der Waals surface area (Å²) in [7, 11) is 0. The normalized spacial score (nSPS) is 13.6. The Morgan fingerprint density at radius 2 is 1.93 bits per heavy atom. The number of aryl methyl sites for hydroxylation is 2. The number of rotatable bonds is 5. The largest absolute Gasteiger partial charge is 0.452 e. The van der Waals surface area contributed by atoms with Gasteiger partial charge in [-0.15, -0.1) is 0 Å². The van der Waals surface area contributed by atoms with E-state index in [0.717, 1.165) is 18.5 Å². The van der Waals surface area contributed by atoms with Gasteiger partial charge in [-0.25, -0.2) is 4.39 Å². The average Bonchev–Trinajstić information content (AvgIpc) is 3.47. The number of pyridine rings is 2. The molecule has 0 unspecified atom stereocenters. The molecule has 0 N–H and O–H groups in total. The van der Waals surface area contributed by atoms with Gasteiger partial charge >= 0.3 is 0 Å². The van der Waals surface area contributed by atoms with E-state index >= 15 is 0 Å². The minimum atomic E-state index is -0.532. The third-order valence-electron chi connectivity index (χ3n) is 4.90. The molecule has 4 nitrogen and oxygen atoms in total. The smallest absolute Gasteiger partial charge is 0.269 e. The molecule has 0 saturated heterocycles. The molecule has 28 heavy (non-hydrogen) atoms. The van der Waals surface area contributed by atoms with Gasteiger partial charge in [-0.3, -0.25) is 9.78 Å². The first-order valence-corrected chi connectivity index (χ1v) is 9.61. The zero-order chi connectivity index (χ0) is 19.8. The summed E-state index contributed by atoms with van der Waals surface area (Å²) in [5, 5.41) is 0.106. The number of hydrogen-bond acceptors (Lipinski definition) is 3. The maximum absolute atomic E-state index is 14.7. The lowest BCUT2D eigenvalue weighted by Crippen LogP contribution is -2.21. The quantitative estimate of drug-likeness (QED) is 0.568. The minimum Gasteiger partial charge on any atom is -0.452 e. The molecule has 0 atom stereocenters. The molecular weight excluding hydrogens is 379 g/mol. The summed E-state index contributed by atoms with van der Waals surface area (Å²) in [5.74, 6) is 0.623. The van der Waals surface area contributed by atoms with Gasteiger partial charge in [0.2, 0.25) is 0 Å². The average molecular weight is 399 g/mol. The van der Waals surface area contributed by atoms with Crippen molar-refractivity contribution in [2.75, 3.05) is 0 Å². The van der Waals surface area contributed by atoms with Crippen LogP contribution in [0.4, 0.5) is 4.39 Å². The SMILES string of the molecule is Cc1ccc(Oc2ccc(-c3ccn(CC4CC4)c(=O)c3Cl)cc2F)c(C)n1. The van der Waals surface area contributed by atoms with Gasteiger partial charge in [-0.1, -0.05) is 17.7 Å². The van der Waals surface area contributed by atoms with Gasteiger partial charge in [0.15, 0.2) is 11.6 Å². The van der Waals surface area contributed by atoms with Crippen molar-refractivity contribution in [3.63, 3.8) is 0 Å². The molecule has 1 aromatic carbocycles. The molecule has 6 heteroatoms. The van der Waals surface area contributed by atoms with E-state index in [0.29, 0.717) is 35.0 Å². The number of aromatic nitrogens is 2. The van der Waals surface area contributed by atoms with E-state index < -0.39 is 5.82 Å². The van der Waals surface area contributed by atoms with Gasteiger partial charge in [-0.05, 0) is 68.5 Å². The number of nitrogens with zero attached hydrogens (tertiary/aromatic N) is 2. The Bertz CT molecular complexity index is 1110. The number of benzene rings is 1. The highest BCUT2D eigenvalue weighted by Crippen LogP contribution is 2.33.